The summed E-state index contributed by atoms with van der Waals surface area (Å²) >= 11 is 1.22. The third kappa shape index (κ3) is 4.59. The van der Waals surface area contributed by atoms with E-state index in [1.54, 1.807) is 6.92 Å². The molecule has 7 nitrogen and oxygen atoms in total. The summed E-state index contributed by atoms with van der Waals surface area (Å²) < 4.78 is 0. The fourth-order valence-corrected chi connectivity index (χ4v) is 2.42. The Morgan fingerprint density at radius 3 is 2.67 bits per heavy atom. The van der Waals surface area contributed by atoms with Crippen LogP contribution in [0.1, 0.15) is 36.9 Å². The van der Waals surface area contributed by atoms with Crippen LogP contribution < -0.4 is 21.3 Å². The topological polar surface area (TPSA) is 100 Å². The van der Waals surface area contributed by atoms with Crippen molar-refractivity contribution >= 4 is 34.1 Å². The number of aromatic nitrogens is 1. The summed E-state index contributed by atoms with van der Waals surface area (Å²) in [7, 11) is 1.88. The highest BCUT2D eigenvalue weighted by Crippen LogP contribution is 2.27. The van der Waals surface area contributed by atoms with Crippen molar-refractivity contribution in [3.05, 3.63) is 4.88 Å². The van der Waals surface area contributed by atoms with Crippen molar-refractivity contribution in [1.29, 1.82) is 0 Å². The summed E-state index contributed by atoms with van der Waals surface area (Å²) in [5, 5.41) is 6.05. The Labute approximate surface area is 128 Å². The zero-order chi connectivity index (χ0) is 16.0. The third-order valence-electron chi connectivity index (χ3n) is 2.94. The van der Waals surface area contributed by atoms with E-state index in [4.69, 9.17) is 5.73 Å². The van der Waals surface area contributed by atoms with Gasteiger partial charge in [-0.3, -0.25) is 9.59 Å². The Kier molecular flexibility index (Phi) is 6.41. The zero-order valence-corrected chi connectivity index (χ0v) is 13.7. The number of anilines is 2. The first kappa shape index (κ1) is 17.2. The number of nitrogens with one attached hydrogen (secondary N) is 2. The molecular weight excluding hydrogens is 290 g/mol. The van der Waals surface area contributed by atoms with Crippen molar-refractivity contribution < 1.29 is 9.59 Å². The van der Waals surface area contributed by atoms with Crippen molar-refractivity contribution in [3.8, 4) is 0 Å². The second-order valence-electron chi connectivity index (χ2n) is 4.71. The van der Waals surface area contributed by atoms with Gasteiger partial charge in [0.2, 0.25) is 5.91 Å². The highest BCUT2D eigenvalue weighted by Gasteiger charge is 2.21. The number of nitrogens with zero attached hydrogens (tertiary/aromatic N) is 2. The predicted octanol–water partition coefficient (Wildman–Crippen LogP) is 0.826. The van der Waals surface area contributed by atoms with Crippen LogP contribution in [0.15, 0.2) is 0 Å². The van der Waals surface area contributed by atoms with Gasteiger partial charge < -0.3 is 21.3 Å². The molecule has 1 aromatic rings. The van der Waals surface area contributed by atoms with Gasteiger partial charge in [-0.15, -0.1) is 0 Å². The normalized spacial score (nSPS) is 11.8. The highest BCUT2D eigenvalue weighted by atomic mass is 32.1. The van der Waals surface area contributed by atoms with Gasteiger partial charge in [-0.25, -0.2) is 4.98 Å². The third-order valence-corrected chi connectivity index (χ3v) is 4.12. The van der Waals surface area contributed by atoms with E-state index in [0.29, 0.717) is 16.6 Å². The summed E-state index contributed by atoms with van der Waals surface area (Å²) in [4.78, 5) is 30.3. The summed E-state index contributed by atoms with van der Waals surface area (Å²) in [6, 6.07) is -0.613. The van der Waals surface area contributed by atoms with E-state index in [0.717, 1.165) is 13.0 Å². The molecule has 21 heavy (non-hydrogen) atoms. The van der Waals surface area contributed by atoms with Crippen molar-refractivity contribution in [2.75, 3.05) is 30.8 Å². The van der Waals surface area contributed by atoms with Crippen molar-refractivity contribution in [2.45, 2.75) is 33.2 Å². The van der Waals surface area contributed by atoms with Crippen molar-refractivity contribution in [2.24, 2.45) is 0 Å². The van der Waals surface area contributed by atoms with Crippen LogP contribution in [0.4, 0.5) is 10.9 Å². The minimum absolute atomic E-state index is 0.189. The van der Waals surface area contributed by atoms with E-state index >= 15 is 0 Å². The number of hydrogen-bond donors (Lipinski definition) is 3. The van der Waals surface area contributed by atoms with Crippen LogP contribution in [0.5, 0.6) is 0 Å². The second kappa shape index (κ2) is 7.82. The first-order valence-corrected chi connectivity index (χ1v) is 7.78. The molecule has 0 aromatic carbocycles. The van der Waals surface area contributed by atoms with Gasteiger partial charge in [-0.05, 0) is 20.3 Å². The molecule has 8 heteroatoms. The molecule has 1 rings (SSSR count). The maximum Gasteiger partial charge on any atom is 0.265 e. The number of thiazole rings is 1. The average Bonchev–Trinajstić information content (AvgIpc) is 2.85. The minimum Gasteiger partial charge on any atom is -0.382 e. The van der Waals surface area contributed by atoms with Gasteiger partial charge >= 0.3 is 0 Å². The summed E-state index contributed by atoms with van der Waals surface area (Å²) in [5.41, 5.74) is 5.78. The van der Waals surface area contributed by atoms with E-state index in [1.807, 2.05) is 25.8 Å². The van der Waals surface area contributed by atoms with Crippen molar-refractivity contribution in [1.82, 2.24) is 15.6 Å². The van der Waals surface area contributed by atoms with Crippen LogP contribution in [0, 0.1) is 0 Å². The van der Waals surface area contributed by atoms with Crippen LogP contribution in [0.3, 0.4) is 0 Å². The Morgan fingerprint density at radius 2 is 2.10 bits per heavy atom. The Bertz CT molecular complexity index is 503. The number of carbonyl (C=O) groups is 2. The molecule has 2 amide bonds. The van der Waals surface area contributed by atoms with Gasteiger partial charge in [0, 0.05) is 20.1 Å². The number of nitrogen functional groups attached to an aromatic ring is 1. The van der Waals surface area contributed by atoms with Crippen molar-refractivity contribution in [3.63, 3.8) is 0 Å². The molecule has 0 aliphatic carbocycles. The van der Waals surface area contributed by atoms with E-state index in [-0.39, 0.29) is 17.6 Å². The van der Waals surface area contributed by atoms with E-state index < -0.39 is 6.04 Å². The molecule has 0 saturated carbocycles. The van der Waals surface area contributed by atoms with Gasteiger partial charge in [0.25, 0.3) is 5.91 Å². The fourth-order valence-electron chi connectivity index (χ4n) is 1.51. The van der Waals surface area contributed by atoms with Gasteiger partial charge in [-0.1, -0.05) is 18.3 Å². The summed E-state index contributed by atoms with van der Waals surface area (Å²) in [5.74, 6) is -0.395. The Hall–Kier alpha value is -1.83. The fraction of sp³-hybridized carbons (Fsp3) is 0.615. The lowest BCUT2D eigenvalue weighted by molar-refractivity contribution is -0.122. The van der Waals surface area contributed by atoms with Crippen LogP contribution in [0.2, 0.25) is 0 Å². The Morgan fingerprint density at radius 1 is 1.43 bits per heavy atom. The molecule has 4 N–H and O–H groups in total. The monoisotopic (exact) mass is 313 g/mol. The number of amides is 2. The number of rotatable bonds is 7. The molecule has 1 aromatic heterocycles. The molecule has 0 fully saturated rings. The maximum atomic E-state index is 12.2. The summed E-state index contributed by atoms with van der Waals surface area (Å²) in [6.45, 7) is 6.95. The molecule has 1 heterocycles. The average molecular weight is 313 g/mol. The van der Waals surface area contributed by atoms with Crippen LogP contribution >= 0.6 is 11.3 Å². The zero-order valence-electron chi connectivity index (χ0n) is 12.9. The van der Waals surface area contributed by atoms with Crippen LogP contribution in [-0.2, 0) is 4.79 Å². The molecule has 0 saturated heterocycles. The molecule has 0 aliphatic heterocycles. The summed E-state index contributed by atoms with van der Waals surface area (Å²) in [6.07, 6.45) is 0.848. The lowest BCUT2D eigenvalue weighted by Crippen LogP contribution is -2.44. The quantitative estimate of drug-likeness (QED) is 0.692. The highest BCUT2D eigenvalue weighted by molar-refractivity contribution is 7.18. The van der Waals surface area contributed by atoms with E-state index in [2.05, 4.69) is 15.6 Å². The van der Waals surface area contributed by atoms with Gasteiger partial charge in [0.15, 0.2) is 5.13 Å². The molecule has 0 radical (unpaired) electrons. The molecular formula is C13H23N5O2S. The van der Waals surface area contributed by atoms with Crippen LogP contribution in [0.25, 0.3) is 0 Å². The molecule has 1 unspecified atom stereocenters. The SMILES string of the molecule is CCCNC(=O)C(C)NC(=O)c1sc(N(C)CC)nc1N. The maximum absolute atomic E-state index is 12.2. The molecule has 0 spiro atoms. The number of nitrogens with two attached hydrogens (primary N) is 1. The standard InChI is InChI=1S/C13H23N5O2S/c1-5-7-15-11(19)8(3)16-12(20)9-10(14)17-13(21-9)18(4)6-2/h8H,5-7,14H2,1-4H3,(H,15,19)(H,16,20). The lowest BCUT2D eigenvalue weighted by atomic mass is 10.3. The van der Waals surface area contributed by atoms with E-state index in [1.165, 1.54) is 11.3 Å². The van der Waals surface area contributed by atoms with Gasteiger partial charge in [-0.2, -0.15) is 0 Å². The van der Waals surface area contributed by atoms with Gasteiger partial charge in [0.1, 0.15) is 16.7 Å². The number of carbonyl (C=O) groups excluding carboxylic acids is 2. The molecule has 0 bridgehead atoms. The first-order chi connectivity index (χ1) is 9.90. The minimum atomic E-state index is -0.613. The molecule has 118 valence electrons. The largest absolute Gasteiger partial charge is 0.382 e. The van der Waals surface area contributed by atoms with Crippen LogP contribution in [-0.4, -0.2) is 43.0 Å². The Balaban J connectivity index is 2.71. The van der Waals surface area contributed by atoms with Gasteiger partial charge in [0.05, 0.1) is 0 Å². The lowest BCUT2D eigenvalue weighted by Gasteiger charge is -2.13. The number of hydrogen-bond acceptors (Lipinski definition) is 6. The molecule has 0 aliphatic rings. The van der Waals surface area contributed by atoms with E-state index in [9.17, 15) is 9.59 Å². The second-order valence-corrected chi connectivity index (χ2v) is 5.69. The smallest absolute Gasteiger partial charge is 0.265 e. The predicted molar refractivity (Wildman–Crippen MR) is 85.7 cm³/mol. The first-order valence-electron chi connectivity index (χ1n) is 6.96. The molecule has 1 atom stereocenters.